The summed E-state index contributed by atoms with van der Waals surface area (Å²) in [6.45, 7) is 6.52. The topological polar surface area (TPSA) is 78.9 Å². The summed E-state index contributed by atoms with van der Waals surface area (Å²) in [7, 11) is 0. The fraction of sp³-hybridized carbons (Fsp3) is 0.773. The van der Waals surface area contributed by atoms with Crippen LogP contribution in [-0.4, -0.2) is 37.2 Å². The molecule has 0 aromatic heterocycles. The summed E-state index contributed by atoms with van der Waals surface area (Å²) >= 11 is 0. The molecule has 0 aliphatic rings. The van der Waals surface area contributed by atoms with Crippen LogP contribution in [0.25, 0.3) is 0 Å². The van der Waals surface area contributed by atoms with Crippen molar-refractivity contribution in [3.8, 4) is 0 Å². The summed E-state index contributed by atoms with van der Waals surface area (Å²) in [4.78, 5) is 38.2. The van der Waals surface area contributed by atoms with Crippen molar-refractivity contribution < 1.29 is 28.6 Å². The lowest BCUT2D eigenvalue weighted by Crippen LogP contribution is -2.30. The van der Waals surface area contributed by atoms with Crippen molar-refractivity contribution in [2.45, 2.75) is 316 Å². The number of allylic oxidation sites excluding steroid dienone is 12. The van der Waals surface area contributed by atoms with Crippen molar-refractivity contribution >= 4 is 17.9 Å². The molecule has 0 rings (SSSR count). The summed E-state index contributed by atoms with van der Waals surface area (Å²) in [6, 6.07) is 0. The van der Waals surface area contributed by atoms with Gasteiger partial charge in [0, 0.05) is 19.3 Å². The molecule has 0 aromatic carbocycles. The molecule has 416 valence electrons. The van der Waals surface area contributed by atoms with E-state index in [1.807, 2.05) is 0 Å². The SMILES string of the molecule is CC/C=C\C/C=C\C/C=C\C/C=C\CCCCCCC(=O)OC(COC(=O)CCCCCCCCCCCCCC)COC(=O)CCCCCCCCCCCCCCC/C=C\C/C=C\CCCCCCC. The standard InChI is InChI=1S/C66H116O6/c1-4-7-10-13-16-19-22-25-27-29-30-31-32-33-34-35-36-38-39-41-44-47-50-53-56-59-65(68)71-62-63(61-70-64(67)58-55-52-49-46-43-24-21-18-15-12-9-6-3)72-66(69)60-57-54-51-48-45-42-40-37-28-26-23-20-17-14-11-8-5-2/h8,11,17,20,22,25-26,28-30,40,42,63H,4-7,9-10,12-16,18-19,21,23-24,27,31-39,41,43-62H2,1-3H3/b11-8-,20-17-,25-22-,28-26-,30-29-,42-40-. The molecule has 0 aliphatic heterocycles. The Balaban J connectivity index is 4.29. The minimum absolute atomic E-state index is 0.0827. The van der Waals surface area contributed by atoms with Crippen molar-refractivity contribution in [1.82, 2.24) is 0 Å². The first-order chi connectivity index (χ1) is 35.5. The van der Waals surface area contributed by atoms with Crippen molar-refractivity contribution in [1.29, 1.82) is 0 Å². The molecule has 0 aromatic rings. The minimum atomic E-state index is -0.787. The summed E-state index contributed by atoms with van der Waals surface area (Å²) in [5.41, 5.74) is 0. The second kappa shape index (κ2) is 60.4. The molecule has 0 fully saturated rings. The van der Waals surface area contributed by atoms with E-state index in [1.54, 1.807) is 0 Å². The maximum Gasteiger partial charge on any atom is 0.306 e. The van der Waals surface area contributed by atoms with Gasteiger partial charge in [-0.05, 0) is 89.9 Å². The second-order valence-electron chi connectivity index (χ2n) is 20.6. The van der Waals surface area contributed by atoms with Gasteiger partial charge in [-0.15, -0.1) is 0 Å². The molecule has 6 heteroatoms. The van der Waals surface area contributed by atoms with Crippen LogP contribution < -0.4 is 0 Å². The monoisotopic (exact) mass is 1000 g/mol. The lowest BCUT2D eigenvalue weighted by molar-refractivity contribution is -0.167. The molecule has 0 spiro atoms. The number of carbonyl (C=O) groups is 3. The largest absolute Gasteiger partial charge is 0.462 e. The summed E-state index contributed by atoms with van der Waals surface area (Å²) in [6.07, 6.45) is 77.6. The Morgan fingerprint density at radius 1 is 0.292 bits per heavy atom. The average molecular weight is 1010 g/mol. The molecule has 0 saturated carbocycles. The zero-order valence-corrected chi connectivity index (χ0v) is 47.7. The number of hydrogen-bond donors (Lipinski definition) is 0. The van der Waals surface area contributed by atoms with Crippen molar-refractivity contribution in [3.63, 3.8) is 0 Å². The van der Waals surface area contributed by atoms with Crippen LogP contribution in [0, 0.1) is 0 Å². The van der Waals surface area contributed by atoms with Crippen LogP contribution in [0.4, 0.5) is 0 Å². The number of rotatable bonds is 56. The molecule has 1 atom stereocenters. The number of esters is 3. The Labute approximate surface area is 446 Å². The molecular weight excluding hydrogens is 889 g/mol. The summed E-state index contributed by atoms with van der Waals surface area (Å²) < 4.78 is 16.9. The number of unbranched alkanes of at least 4 members (excludes halogenated alkanes) is 33. The first kappa shape index (κ1) is 68.8. The number of ether oxygens (including phenoxy) is 3. The highest BCUT2D eigenvalue weighted by Gasteiger charge is 2.19. The van der Waals surface area contributed by atoms with Gasteiger partial charge < -0.3 is 14.2 Å². The van der Waals surface area contributed by atoms with Gasteiger partial charge in [0.1, 0.15) is 13.2 Å². The molecule has 0 heterocycles. The quantitative estimate of drug-likeness (QED) is 0.0261. The van der Waals surface area contributed by atoms with Crippen LogP contribution in [-0.2, 0) is 28.6 Å². The van der Waals surface area contributed by atoms with E-state index in [-0.39, 0.29) is 31.1 Å². The van der Waals surface area contributed by atoms with Crippen LogP contribution in [0.15, 0.2) is 72.9 Å². The fourth-order valence-electron chi connectivity index (χ4n) is 8.82. The Hall–Kier alpha value is -3.15. The zero-order chi connectivity index (χ0) is 52.2. The third kappa shape index (κ3) is 57.7. The van der Waals surface area contributed by atoms with Gasteiger partial charge in [-0.1, -0.05) is 273 Å². The predicted molar refractivity (Wildman–Crippen MR) is 311 cm³/mol. The molecule has 72 heavy (non-hydrogen) atoms. The average Bonchev–Trinajstić information content (AvgIpc) is 3.38. The van der Waals surface area contributed by atoms with Crippen molar-refractivity contribution in [2.75, 3.05) is 13.2 Å². The first-order valence-corrected chi connectivity index (χ1v) is 30.9. The zero-order valence-electron chi connectivity index (χ0n) is 47.7. The van der Waals surface area contributed by atoms with Crippen molar-refractivity contribution in [2.24, 2.45) is 0 Å². The van der Waals surface area contributed by atoms with Crippen molar-refractivity contribution in [3.05, 3.63) is 72.9 Å². The molecule has 0 amide bonds. The lowest BCUT2D eigenvalue weighted by atomic mass is 10.0. The number of hydrogen-bond acceptors (Lipinski definition) is 6. The van der Waals surface area contributed by atoms with E-state index in [2.05, 4.69) is 93.7 Å². The summed E-state index contributed by atoms with van der Waals surface area (Å²) in [5.74, 6) is -0.895. The third-order valence-electron chi connectivity index (χ3n) is 13.4. The predicted octanol–water partition coefficient (Wildman–Crippen LogP) is 20.9. The van der Waals surface area contributed by atoms with Crippen LogP contribution in [0.3, 0.4) is 0 Å². The van der Waals surface area contributed by atoms with E-state index >= 15 is 0 Å². The second-order valence-corrected chi connectivity index (χ2v) is 20.6. The van der Waals surface area contributed by atoms with E-state index in [0.717, 1.165) is 103 Å². The van der Waals surface area contributed by atoms with E-state index in [9.17, 15) is 14.4 Å². The molecule has 0 N–H and O–H groups in total. The fourth-order valence-corrected chi connectivity index (χ4v) is 8.82. The van der Waals surface area contributed by atoms with E-state index in [4.69, 9.17) is 14.2 Å². The maximum absolute atomic E-state index is 12.9. The van der Waals surface area contributed by atoms with Gasteiger partial charge in [-0.25, -0.2) is 0 Å². The van der Waals surface area contributed by atoms with Gasteiger partial charge in [0.25, 0.3) is 0 Å². The lowest BCUT2D eigenvalue weighted by Gasteiger charge is -2.18. The first-order valence-electron chi connectivity index (χ1n) is 30.9. The molecule has 6 nitrogen and oxygen atoms in total. The molecule has 0 aliphatic carbocycles. The third-order valence-corrected chi connectivity index (χ3v) is 13.4. The van der Waals surface area contributed by atoms with Gasteiger partial charge >= 0.3 is 17.9 Å². The summed E-state index contributed by atoms with van der Waals surface area (Å²) in [5, 5.41) is 0. The Kier molecular flexibility index (Phi) is 57.8. The highest BCUT2D eigenvalue weighted by Crippen LogP contribution is 2.16. The maximum atomic E-state index is 12.9. The minimum Gasteiger partial charge on any atom is -0.462 e. The van der Waals surface area contributed by atoms with Crippen LogP contribution in [0.5, 0.6) is 0 Å². The Bertz CT molecular complexity index is 1340. The number of carbonyl (C=O) groups excluding carboxylic acids is 3. The van der Waals surface area contributed by atoms with E-state index in [0.29, 0.717) is 19.3 Å². The van der Waals surface area contributed by atoms with Gasteiger partial charge in [0.2, 0.25) is 0 Å². The molecular formula is C66H116O6. The van der Waals surface area contributed by atoms with Crippen LogP contribution >= 0.6 is 0 Å². The highest BCUT2D eigenvalue weighted by molar-refractivity contribution is 5.71. The smallest absolute Gasteiger partial charge is 0.306 e. The van der Waals surface area contributed by atoms with Crippen LogP contribution in [0.2, 0.25) is 0 Å². The normalized spacial score (nSPS) is 12.5. The molecule has 0 bridgehead atoms. The highest BCUT2D eigenvalue weighted by atomic mass is 16.6. The molecule has 0 saturated heterocycles. The Morgan fingerprint density at radius 2 is 0.542 bits per heavy atom. The van der Waals surface area contributed by atoms with Gasteiger partial charge in [0.05, 0.1) is 0 Å². The van der Waals surface area contributed by atoms with E-state index < -0.39 is 6.10 Å². The molecule has 1 unspecified atom stereocenters. The van der Waals surface area contributed by atoms with Gasteiger partial charge in [0.15, 0.2) is 6.10 Å². The van der Waals surface area contributed by atoms with Gasteiger partial charge in [-0.2, -0.15) is 0 Å². The molecule has 0 radical (unpaired) electrons. The Morgan fingerprint density at radius 3 is 0.847 bits per heavy atom. The van der Waals surface area contributed by atoms with Crippen LogP contribution in [0.1, 0.15) is 310 Å². The van der Waals surface area contributed by atoms with E-state index in [1.165, 1.54) is 167 Å². The van der Waals surface area contributed by atoms with Gasteiger partial charge in [-0.3, -0.25) is 14.4 Å².